The Balaban J connectivity index is 2.02. The molecule has 0 N–H and O–H groups in total. The minimum atomic E-state index is -0.650. The third kappa shape index (κ3) is 1.56. The standard InChI is InChI=1S/C14H17FO/c15-12-5-3-7-14(8-12)10-16-9-11-4-1-2-6-13(11)14/h1-2,4,6,12H,3,5,7-10H2. The van der Waals surface area contributed by atoms with E-state index in [0.29, 0.717) is 19.6 Å². The summed E-state index contributed by atoms with van der Waals surface area (Å²) >= 11 is 0. The number of rotatable bonds is 0. The maximum absolute atomic E-state index is 13.7. The Hall–Kier alpha value is -0.890. The molecule has 1 aromatic carbocycles. The molecule has 0 bridgehead atoms. The van der Waals surface area contributed by atoms with Crippen LogP contribution in [-0.2, 0) is 16.8 Å². The Bertz CT molecular complexity index is 390. The van der Waals surface area contributed by atoms with E-state index in [1.807, 2.05) is 6.07 Å². The molecule has 16 heavy (non-hydrogen) atoms. The molecule has 0 aromatic heterocycles. The summed E-state index contributed by atoms with van der Waals surface area (Å²) in [5.74, 6) is 0. The van der Waals surface area contributed by atoms with Gasteiger partial charge in [-0.25, -0.2) is 4.39 Å². The van der Waals surface area contributed by atoms with Crippen molar-refractivity contribution in [3.63, 3.8) is 0 Å². The summed E-state index contributed by atoms with van der Waals surface area (Å²) in [6, 6.07) is 8.37. The molecule has 1 aromatic rings. The van der Waals surface area contributed by atoms with Gasteiger partial charge in [-0.2, -0.15) is 0 Å². The van der Waals surface area contributed by atoms with Crippen LogP contribution in [0.3, 0.4) is 0 Å². The predicted molar refractivity (Wildman–Crippen MR) is 61.1 cm³/mol. The summed E-state index contributed by atoms with van der Waals surface area (Å²) in [6.45, 7) is 1.39. The maximum atomic E-state index is 13.7. The number of fused-ring (bicyclic) bond motifs is 2. The highest BCUT2D eigenvalue weighted by atomic mass is 19.1. The second-order valence-electron chi connectivity index (χ2n) is 5.12. The van der Waals surface area contributed by atoms with Crippen molar-refractivity contribution in [3.8, 4) is 0 Å². The van der Waals surface area contributed by atoms with Crippen molar-refractivity contribution in [2.75, 3.05) is 6.61 Å². The minimum absolute atomic E-state index is 0.0352. The molecule has 0 amide bonds. The molecule has 2 heteroatoms. The molecule has 2 unspecified atom stereocenters. The van der Waals surface area contributed by atoms with E-state index < -0.39 is 6.17 Å². The van der Waals surface area contributed by atoms with Gasteiger partial charge >= 0.3 is 0 Å². The third-order valence-corrected chi connectivity index (χ3v) is 4.01. The van der Waals surface area contributed by atoms with Crippen molar-refractivity contribution in [2.45, 2.75) is 43.9 Å². The summed E-state index contributed by atoms with van der Waals surface area (Å²) in [5, 5.41) is 0. The topological polar surface area (TPSA) is 9.23 Å². The van der Waals surface area contributed by atoms with Crippen LogP contribution < -0.4 is 0 Å². The van der Waals surface area contributed by atoms with Crippen LogP contribution >= 0.6 is 0 Å². The summed E-state index contributed by atoms with van der Waals surface area (Å²) in [7, 11) is 0. The highest BCUT2D eigenvalue weighted by molar-refractivity contribution is 5.36. The minimum Gasteiger partial charge on any atom is -0.376 e. The fourth-order valence-electron chi connectivity index (χ4n) is 3.26. The first kappa shape index (κ1) is 10.3. The van der Waals surface area contributed by atoms with Crippen molar-refractivity contribution in [3.05, 3.63) is 35.4 Å². The van der Waals surface area contributed by atoms with Crippen molar-refractivity contribution >= 4 is 0 Å². The Labute approximate surface area is 95.6 Å². The van der Waals surface area contributed by atoms with Crippen LogP contribution in [-0.4, -0.2) is 12.8 Å². The molecule has 1 nitrogen and oxygen atoms in total. The molecule has 1 spiro atoms. The summed E-state index contributed by atoms with van der Waals surface area (Å²) in [5.41, 5.74) is 2.55. The Morgan fingerprint density at radius 3 is 3.06 bits per heavy atom. The second kappa shape index (κ2) is 3.85. The summed E-state index contributed by atoms with van der Waals surface area (Å²) < 4.78 is 19.3. The Morgan fingerprint density at radius 1 is 1.31 bits per heavy atom. The average molecular weight is 220 g/mol. The van der Waals surface area contributed by atoms with E-state index in [0.717, 1.165) is 19.3 Å². The maximum Gasteiger partial charge on any atom is 0.101 e. The molecule has 3 rings (SSSR count). The number of halogens is 1. The zero-order valence-electron chi connectivity index (χ0n) is 9.42. The smallest absolute Gasteiger partial charge is 0.101 e. The van der Waals surface area contributed by atoms with Gasteiger partial charge in [0.05, 0.1) is 13.2 Å². The Morgan fingerprint density at radius 2 is 2.19 bits per heavy atom. The van der Waals surface area contributed by atoms with Crippen LogP contribution in [0.4, 0.5) is 4.39 Å². The van der Waals surface area contributed by atoms with Crippen LogP contribution in [0.1, 0.15) is 36.8 Å². The monoisotopic (exact) mass is 220 g/mol. The highest BCUT2D eigenvalue weighted by Gasteiger charge is 2.41. The number of hydrogen-bond donors (Lipinski definition) is 0. The molecule has 2 atom stereocenters. The zero-order chi connectivity index (χ0) is 11.0. The van der Waals surface area contributed by atoms with Crippen LogP contribution in [0.15, 0.2) is 24.3 Å². The molecule has 1 fully saturated rings. The molecule has 1 aliphatic heterocycles. The average Bonchev–Trinajstić information content (AvgIpc) is 2.30. The molecular weight excluding hydrogens is 203 g/mol. The summed E-state index contributed by atoms with van der Waals surface area (Å²) in [6.07, 6.45) is 2.78. The molecule has 2 aliphatic rings. The van der Waals surface area contributed by atoms with Crippen LogP contribution in [0.2, 0.25) is 0 Å². The van der Waals surface area contributed by atoms with Gasteiger partial charge in [0.2, 0.25) is 0 Å². The van der Waals surface area contributed by atoms with Gasteiger partial charge in [-0.15, -0.1) is 0 Å². The molecule has 1 heterocycles. The lowest BCUT2D eigenvalue weighted by atomic mass is 9.67. The lowest BCUT2D eigenvalue weighted by Crippen LogP contribution is -2.41. The van der Waals surface area contributed by atoms with Gasteiger partial charge in [0.15, 0.2) is 0 Å². The molecule has 0 saturated heterocycles. The molecule has 1 aliphatic carbocycles. The van der Waals surface area contributed by atoms with Gasteiger partial charge in [0.25, 0.3) is 0 Å². The Kier molecular flexibility index (Phi) is 2.47. The zero-order valence-corrected chi connectivity index (χ0v) is 9.42. The normalized spacial score (nSPS) is 33.7. The van der Waals surface area contributed by atoms with Crippen LogP contribution in [0.25, 0.3) is 0 Å². The number of alkyl halides is 1. The first-order valence-corrected chi connectivity index (χ1v) is 6.10. The van der Waals surface area contributed by atoms with Gasteiger partial charge in [-0.05, 0) is 36.8 Å². The first-order valence-electron chi connectivity index (χ1n) is 6.10. The van der Waals surface area contributed by atoms with E-state index in [1.54, 1.807) is 0 Å². The molecule has 0 radical (unpaired) electrons. The van der Waals surface area contributed by atoms with E-state index >= 15 is 0 Å². The quantitative estimate of drug-likeness (QED) is 0.651. The first-order chi connectivity index (χ1) is 7.80. The lowest BCUT2D eigenvalue weighted by molar-refractivity contribution is 0.0178. The fourth-order valence-corrected chi connectivity index (χ4v) is 3.26. The summed E-state index contributed by atoms with van der Waals surface area (Å²) in [4.78, 5) is 0. The van der Waals surface area contributed by atoms with E-state index in [4.69, 9.17) is 4.74 Å². The number of ether oxygens (including phenoxy) is 1. The number of benzene rings is 1. The SMILES string of the molecule is FC1CCCC2(COCc3ccccc32)C1. The van der Waals surface area contributed by atoms with Gasteiger partial charge in [0, 0.05) is 5.41 Å². The van der Waals surface area contributed by atoms with E-state index in [9.17, 15) is 4.39 Å². The van der Waals surface area contributed by atoms with Gasteiger partial charge < -0.3 is 4.74 Å². The fraction of sp³-hybridized carbons (Fsp3) is 0.571. The van der Waals surface area contributed by atoms with E-state index in [2.05, 4.69) is 18.2 Å². The predicted octanol–water partition coefficient (Wildman–Crippen LogP) is 3.37. The van der Waals surface area contributed by atoms with Crippen LogP contribution in [0, 0.1) is 0 Å². The molecular formula is C14H17FO. The van der Waals surface area contributed by atoms with E-state index in [1.165, 1.54) is 11.1 Å². The van der Waals surface area contributed by atoms with Gasteiger partial charge in [-0.1, -0.05) is 24.3 Å². The van der Waals surface area contributed by atoms with Crippen molar-refractivity contribution in [1.29, 1.82) is 0 Å². The van der Waals surface area contributed by atoms with Crippen molar-refractivity contribution in [1.82, 2.24) is 0 Å². The second-order valence-corrected chi connectivity index (χ2v) is 5.12. The van der Waals surface area contributed by atoms with Crippen molar-refractivity contribution in [2.24, 2.45) is 0 Å². The lowest BCUT2D eigenvalue weighted by Gasteiger charge is -2.42. The van der Waals surface area contributed by atoms with Crippen molar-refractivity contribution < 1.29 is 9.13 Å². The molecule has 1 saturated carbocycles. The largest absolute Gasteiger partial charge is 0.376 e. The molecule has 86 valence electrons. The van der Waals surface area contributed by atoms with E-state index in [-0.39, 0.29) is 5.41 Å². The van der Waals surface area contributed by atoms with Gasteiger partial charge in [0.1, 0.15) is 6.17 Å². The van der Waals surface area contributed by atoms with Crippen LogP contribution in [0.5, 0.6) is 0 Å². The third-order valence-electron chi connectivity index (χ3n) is 4.01. The van der Waals surface area contributed by atoms with Gasteiger partial charge in [-0.3, -0.25) is 0 Å². The highest BCUT2D eigenvalue weighted by Crippen LogP contribution is 2.44. The number of hydrogen-bond acceptors (Lipinski definition) is 1.